The van der Waals surface area contributed by atoms with Gasteiger partial charge in [0.15, 0.2) is 11.6 Å². The average Bonchev–Trinajstić information content (AvgIpc) is 3.05. The Labute approximate surface area is 158 Å². The van der Waals surface area contributed by atoms with Crippen molar-refractivity contribution < 1.29 is 27.9 Å². The highest BCUT2D eigenvalue weighted by Gasteiger charge is 2.28. The molecule has 148 valence electrons. The van der Waals surface area contributed by atoms with E-state index >= 15 is 0 Å². The number of hydrogen-bond acceptors (Lipinski definition) is 5. The molecule has 1 atom stereocenters. The number of carboxylic acid groups (broad SMARTS) is 1. The average molecular weight is 394 g/mol. The van der Waals surface area contributed by atoms with E-state index in [4.69, 9.17) is 0 Å². The third-order valence-electron chi connectivity index (χ3n) is 4.27. The van der Waals surface area contributed by atoms with Crippen LogP contribution in [0.25, 0.3) is 0 Å². The molecule has 10 heteroatoms. The molecule has 3 N–H and O–H groups in total. The SMILES string of the molecule is CC(=O)NC1CCN(c2nc(Nc3ccc(F)cc3F)c(C(=O)O)cc2F)C1. The highest BCUT2D eigenvalue weighted by molar-refractivity contribution is 5.94. The Bertz CT molecular complexity index is 939. The number of benzene rings is 1. The Hall–Kier alpha value is -3.30. The fraction of sp³-hybridized carbons (Fsp3) is 0.278. The summed E-state index contributed by atoms with van der Waals surface area (Å²) in [6.07, 6.45) is 0.566. The number of hydrogen-bond donors (Lipinski definition) is 3. The zero-order valence-corrected chi connectivity index (χ0v) is 14.8. The van der Waals surface area contributed by atoms with Crippen LogP contribution in [0.15, 0.2) is 24.3 Å². The Balaban J connectivity index is 1.94. The normalized spacial score (nSPS) is 16.1. The maximum Gasteiger partial charge on any atom is 0.339 e. The smallest absolute Gasteiger partial charge is 0.339 e. The van der Waals surface area contributed by atoms with Gasteiger partial charge < -0.3 is 20.6 Å². The minimum atomic E-state index is -1.46. The number of aromatic carboxylic acids is 1. The Morgan fingerprint density at radius 1 is 1.21 bits per heavy atom. The number of carbonyl (C=O) groups is 2. The molecule has 2 aromatic rings. The van der Waals surface area contributed by atoms with Crippen molar-refractivity contribution in [3.63, 3.8) is 0 Å². The first-order chi connectivity index (χ1) is 13.2. The van der Waals surface area contributed by atoms with Gasteiger partial charge in [-0.05, 0) is 24.6 Å². The Kier molecular flexibility index (Phi) is 5.39. The number of pyridine rings is 1. The molecule has 1 aliphatic heterocycles. The van der Waals surface area contributed by atoms with Crippen molar-refractivity contribution in [2.45, 2.75) is 19.4 Å². The molecule has 0 aliphatic carbocycles. The van der Waals surface area contributed by atoms with Crippen LogP contribution >= 0.6 is 0 Å². The summed E-state index contributed by atoms with van der Waals surface area (Å²) >= 11 is 0. The summed E-state index contributed by atoms with van der Waals surface area (Å²) in [4.78, 5) is 28.2. The van der Waals surface area contributed by atoms with Gasteiger partial charge in [0.05, 0.1) is 5.69 Å². The molecule has 28 heavy (non-hydrogen) atoms. The molecule has 2 heterocycles. The van der Waals surface area contributed by atoms with Crippen molar-refractivity contribution in [2.24, 2.45) is 0 Å². The number of nitrogens with one attached hydrogen (secondary N) is 2. The second kappa shape index (κ2) is 7.75. The molecular weight excluding hydrogens is 377 g/mol. The van der Waals surface area contributed by atoms with Crippen LogP contribution in [0.1, 0.15) is 23.7 Å². The van der Waals surface area contributed by atoms with Gasteiger partial charge in [-0.1, -0.05) is 0 Å². The molecule has 0 bridgehead atoms. The van der Waals surface area contributed by atoms with Crippen LogP contribution in [0, 0.1) is 17.5 Å². The fourth-order valence-electron chi connectivity index (χ4n) is 3.04. The standard InChI is InChI=1S/C18H17F3N4O3/c1-9(26)22-11-4-5-25(8-11)17-14(21)7-12(18(27)28)16(24-17)23-15-3-2-10(19)6-13(15)20/h2-3,6-7,11H,4-5,8H2,1H3,(H,22,26)(H,23,24)(H,27,28). The van der Waals surface area contributed by atoms with Gasteiger partial charge in [-0.25, -0.2) is 22.9 Å². The van der Waals surface area contributed by atoms with Crippen LogP contribution in [0.2, 0.25) is 0 Å². The predicted molar refractivity (Wildman–Crippen MR) is 95.2 cm³/mol. The largest absolute Gasteiger partial charge is 0.478 e. The van der Waals surface area contributed by atoms with Crippen LogP contribution in [-0.2, 0) is 4.79 Å². The summed E-state index contributed by atoms with van der Waals surface area (Å²) in [5.74, 6) is -4.67. The van der Waals surface area contributed by atoms with Gasteiger partial charge in [-0.3, -0.25) is 4.79 Å². The molecule has 7 nitrogen and oxygen atoms in total. The monoisotopic (exact) mass is 394 g/mol. The van der Waals surface area contributed by atoms with Gasteiger partial charge in [0.25, 0.3) is 0 Å². The highest BCUT2D eigenvalue weighted by Crippen LogP contribution is 2.29. The van der Waals surface area contributed by atoms with E-state index in [0.717, 1.165) is 18.2 Å². The van der Waals surface area contributed by atoms with Crippen molar-refractivity contribution in [3.05, 3.63) is 47.3 Å². The van der Waals surface area contributed by atoms with Crippen molar-refractivity contribution in [3.8, 4) is 0 Å². The Morgan fingerprint density at radius 3 is 2.61 bits per heavy atom. The molecule has 1 aliphatic rings. The lowest BCUT2D eigenvalue weighted by Gasteiger charge is -2.20. The van der Waals surface area contributed by atoms with Crippen LogP contribution < -0.4 is 15.5 Å². The lowest BCUT2D eigenvalue weighted by atomic mass is 10.2. The summed E-state index contributed by atoms with van der Waals surface area (Å²) < 4.78 is 41.5. The molecule has 1 aromatic carbocycles. The third kappa shape index (κ3) is 4.16. The topological polar surface area (TPSA) is 94.6 Å². The highest BCUT2D eigenvalue weighted by atomic mass is 19.1. The molecule has 1 unspecified atom stereocenters. The van der Waals surface area contributed by atoms with Gasteiger partial charge in [0.2, 0.25) is 5.91 Å². The van der Waals surface area contributed by atoms with E-state index in [1.54, 1.807) is 4.90 Å². The van der Waals surface area contributed by atoms with Crippen molar-refractivity contribution in [1.29, 1.82) is 0 Å². The van der Waals surface area contributed by atoms with Crippen LogP contribution in [-0.4, -0.2) is 41.1 Å². The van der Waals surface area contributed by atoms with Gasteiger partial charge in [-0.2, -0.15) is 0 Å². The van der Waals surface area contributed by atoms with E-state index in [1.165, 1.54) is 6.92 Å². The maximum atomic E-state index is 14.5. The number of aromatic nitrogens is 1. The van der Waals surface area contributed by atoms with Gasteiger partial charge in [-0.15, -0.1) is 0 Å². The van der Waals surface area contributed by atoms with E-state index in [1.807, 2.05) is 0 Å². The van der Waals surface area contributed by atoms with Crippen molar-refractivity contribution >= 4 is 29.2 Å². The zero-order valence-electron chi connectivity index (χ0n) is 14.8. The number of halogens is 3. The number of carboxylic acids is 1. The molecule has 1 saturated heterocycles. The summed E-state index contributed by atoms with van der Waals surface area (Å²) in [6, 6.07) is 3.31. The molecule has 0 radical (unpaired) electrons. The van der Waals surface area contributed by atoms with E-state index in [9.17, 15) is 27.9 Å². The third-order valence-corrected chi connectivity index (χ3v) is 4.27. The van der Waals surface area contributed by atoms with Crippen molar-refractivity contribution in [1.82, 2.24) is 10.3 Å². The fourth-order valence-corrected chi connectivity index (χ4v) is 3.04. The molecule has 1 aromatic heterocycles. The lowest BCUT2D eigenvalue weighted by molar-refractivity contribution is -0.119. The first kappa shape index (κ1) is 19.5. The summed E-state index contributed by atoms with van der Waals surface area (Å²) in [5, 5.41) is 14.5. The second-order valence-corrected chi connectivity index (χ2v) is 6.38. The summed E-state index contributed by atoms with van der Waals surface area (Å²) in [6.45, 7) is 2.06. The summed E-state index contributed by atoms with van der Waals surface area (Å²) in [7, 11) is 0. The molecule has 3 rings (SSSR count). The number of rotatable bonds is 5. The van der Waals surface area contributed by atoms with Crippen LogP contribution in [0.5, 0.6) is 0 Å². The second-order valence-electron chi connectivity index (χ2n) is 6.38. The number of nitrogens with zero attached hydrogens (tertiary/aromatic N) is 2. The Morgan fingerprint density at radius 2 is 1.96 bits per heavy atom. The molecule has 1 amide bonds. The van der Waals surface area contributed by atoms with Gasteiger partial charge in [0.1, 0.15) is 23.0 Å². The van der Waals surface area contributed by atoms with E-state index in [2.05, 4.69) is 15.6 Å². The molecule has 1 fully saturated rings. The van der Waals surface area contributed by atoms with Gasteiger partial charge >= 0.3 is 5.97 Å². The van der Waals surface area contributed by atoms with E-state index in [-0.39, 0.29) is 29.3 Å². The lowest BCUT2D eigenvalue weighted by Crippen LogP contribution is -2.36. The zero-order chi connectivity index (χ0) is 20.4. The quantitative estimate of drug-likeness (QED) is 0.722. The minimum Gasteiger partial charge on any atom is -0.478 e. The number of amides is 1. The summed E-state index contributed by atoms with van der Waals surface area (Å²) in [5.41, 5.74) is -0.700. The van der Waals surface area contributed by atoms with E-state index < -0.39 is 29.0 Å². The van der Waals surface area contributed by atoms with E-state index in [0.29, 0.717) is 25.6 Å². The van der Waals surface area contributed by atoms with Crippen LogP contribution in [0.3, 0.4) is 0 Å². The molecule has 0 spiro atoms. The number of carbonyl (C=O) groups excluding carboxylic acids is 1. The van der Waals surface area contributed by atoms with Crippen LogP contribution in [0.4, 0.5) is 30.5 Å². The van der Waals surface area contributed by atoms with Crippen molar-refractivity contribution in [2.75, 3.05) is 23.3 Å². The van der Waals surface area contributed by atoms with Gasteiger partial charge in [0, 0.05) is 32.1 Å². The molecular formula is C18H17F3N4O3. The maximum absolute atomic E-state index is 14.5. The first-order valence-corrected chi connectivity index (χ1v) is 8.42. The number of anilines is 3. The minimum absolute atomic E-state index is 0.122. The predicted octanol–water partition coefficient (Wildman–Crippen LogP) is 2.66. The first-order valence-electron chi connectivity index (χ1n) is 8.42. The molecule has 0 saturated carbocycles.